The highest BCUT2D eigenvalue weighted by molar-refractivity contribution is 7.13. The number of carboxylic acids is 1. The Kier molecular flexibility index (Phi) is 4.64. The zero-order valence-electron chi connectivity index (χ0n) is 14.7. The lowest BCUT2D eigenvalue weighted by Gasteiger charge is -2.28. The van der Waals surface area contributed by atoms with Gasteiger partial charge in [-0.05, 0) is 42.8 Å². The van der Waals surface area contributed by atoms with E-state index in [9.17, 15) is 14.7 Å². The van der Waals surface area contributed by atoms with Gasteiger partial charge in [-0.3, -0.25) is 14.6 Å². The van der Waals surface area contributed by atoms with E-state index in [1.165, 1.54) is 0 Å². The molecule has 3 heterocycles. The first-order valence-corrected chi connectivity index (χ1v) is 9.27. The molecule has 1 aliphatic heterocycles. The quantitative estimate of drug-likeness (QED) is 0.905. The smallest absolute Gasteiger partial charge is 0.311 e. The number of carboxylic acid groups (broad SMARTS) is 1. The fraction of sp³-hybridized carbons (Fsp3) is 0.421. The fourth-order valence-corrected chi connectivity index (χ4v) is 4.11. The number of nitrogens with zero attached hydrogens (tertiary/aromatic N) is 2. The lowest BCUT2D eigenvalue weighted by molar-refractivity contribution is -0.150. The minimum Gasteiger partial charge on any atom is -0.481 e. The van der Waals surface area contributed by atoms with E-state index in [1.54, 1.807) is 22.3 Å². The van der Waals surface area contributed by atoms with Crippen LogP contribution in [0.25, 0.3) is 10.6 Å². The standard InChI is InChI=1S/C19H22N2O3S/c1-12(2)19(18(23)24)8-9-21(11-19)17(22)14-6-7-15(20-13(14)3)16-5-4-10-25-16/h4-7,10,12H,8-9,11H2,1-3H3,(H,23,24). The molecule has 3 rings (SSSR count). The Hall–Kier alpha value is -2.21. The molecule has 1 amide bonds. The van der Waals surface area contributed by atoms with Crippen LogP contribution in [0.3, 0.4) is 0 Å². The van der Waals surface area contributed by atoms with Crippen LogP contribution in [0, 0.1) is 18.3 Å². The molecule has 6 heteroatoms. The maximum atomic E-state index is 12.9. The molecule has 1 atom stereocenters. The van der Waals surface area contributed by atoms with Crippen LogP contribution in [0.5, 0.6) is 0 Å². The molecule has 0 radical (unpaired) electrons. The number of carbonyl (C=O) groups excluding carboxylic acids is 1. The van der Waals surface area contributed by atoms with Crippen LogP contribution in [0.2, 0.25) is 0 Å². The molecule has 0 aromatic carbocycles. The zero-order valence-corrected chi connectivity index (χ0v) is 15.5. The molecule has 0 bridgehead atoms. The molecular weight excluding hydrogens is 336 g/mol. The monoisotopic (exact) mass is 358 g/mol. The van der Waals surface area contributed by atoms with Crippen molar-refractivity contribution >= 4 is 23.2 Å². The summed E-state index contributed by atoms with van der Waals surface area (Å²) in [6.45, 7) is 6.36. The van der Waals surface area contributed by atoms with Crippen LogP contribution in [0.4, 0.5) is 0 Å². The van der Waals surface area contributed by atoms with Crippen LogP contribution in [-0.4, -0.2) is 40.0 Å². The maximum absolute atomic E-state index is 12.9. The lowest BCUT2D eigenvalue weighted by Crippen LogP contribution is -2.40. The molecule has 1 saturated heterocycles. The van der Waals surface area contributed by atoms with Crippen molar-refractivity contribution in [3.05, 3.63) is 40.9 Å². The van der Waals surface area contributed by atoms with E-state index >= 15 is 0 Å². The third kappa shape index (κ3) is 3.06. The molecule has 1 aliphatic rings. The molecule has 1 N–H and O–H groups in total. The van der Waals surface area contributed by atoms with Crippen LogP contribution < -0.4 is 0 Å². The van der Waals surface area contributed by atoms with E-state index in [1.807, 2.05) is 44.4 Å². The van der Waals surface area contributed by atoms with Gasteiger partial charge in [0.15, 0.2) is 0 Å². The summed E-state index contributed by atoms with van der Waals surface area (Å²) >= 11 is 1.61. The Morgan fingerprint density at radius 1 is 1.32 bits per heavy atom. The first-order valence-electron chi connectivity index (χ1n) is 8.39. The van der Waals surface area contributed by atoms with Gasteiger partial charge in [0, 0.05) is 13.1 Å². The van der Waals surface area contributed by atoms with Crippen LogP contribution in [0.1, 0.15) is 36.3 Å². The van der Waals surface area contributed by atoms with Crippen LogP contribution in [0.15, 0.2) is 29.6 Å². The second-order valence-electron chi connectivity index (χ2n) is 6.90. The predicted octanol–water partition coefficient (Wildman–Crippen LogP) is 3.69. The minimum absolute atomic E-state index is 0.0248. The number of carbonyl (C=O) groups is 2. The first-order chi connectivity index (χ1) is 11.8. The number of rotatable bonds is 4. The molecule has 2 aromatic heterocycles. The van der Waals surface area contributed by atoms with Gasteiger partial charge in [-0.15, -0.1) is 11.3 Å². The summed E-state index contributed by atoms with van der Waals surface area (Å²) in [5.41, 5.74) is 1.22. The van der Waals surface area contributed by atoms with Gasteiger partial charge in [-0.25, -0.2) is 0 Å². The number of thiophene rings is 1. The van der Waals surface area contributed by atoms with Crippen LogP contribution in [-0.2, 0) is 4.79 Å². The summed E-state index contributed by atoms with van der Waals surface area (Å²) in [6.07, 6.45) is 0.492. The van der Waals surface area contributed by atoms with E-state index < -0.39 is 11.4 Å². The molecule has 1 unspecified atom stereocenters. The first kappa shape index (κ1) is 17.6. The molecule has 5 nitrogen and oxygen atoms in total. The van der Waals surface area contributed by atoms with Crippen molar-refractivity contribution in [2.24, 2.45) is 11.3 Å². The fourth-order valence-electron chi connectivity index (χ4n) is 3.42. The second kappa shape index (κ2) is 6.59. The Bertz CT molecular complexity index is 801. The van der Waals surface area contributed by atoms with Crippen LogP contribution >= 0.6 is 11.3 Å². The van der Waals surface area contributed by atoms with Crippen molar-refractivity contribution in [2.45, 2.75) is 27.2 Å². The van der Waals surface area contributed by atoms with Crippen molar-refractivity contribution < 1.29 is 14.7 Å². The average Bonchev–Trinajstić information content (AvgIpc) is 3.24. The number of likely N-dealkylation sites (tertiary alicyclic amines) is 1. The summed E-state index contributed by atoms with van der Waals surface area (Å²) in [6, 6.07) is 7.63. The van der Waals surface area contributed by atoms with Gasteiger partial charge in [0.1, 0.15) is 0 Å². The van der Waals surface area contributed by atoms with E-state index in [2.05, 4.69) is 4.98 Å². The summed E-state index contributed by atoms with van der Waals surface area (Å²) in [5, 5.41) is 11.6. The SMILES string of the molecule is Cc1nc(-c2cccs2)ccc1C(=O)N1CCC(C(=O)O)(C(C)C)C1. The van der Waals surface area contributed by atoms with E-state index in [0.29, 0.717) is 24.2 Å². The van der Waals surface area contributed by atoms with Crippen molar-refractivity contribution in [2.75, 3.05) is 13.1 Å². The zero-order chi connectivity index (χ0) is 18.2. The molecule has 25 heavy (non-hydrogen) atoms. The Labute approximate surface area is 151 Å². The van der Waals surface area contributed by atoms with E-state index in [-0.39, 0.29) is 18.4 Å². The number of hydrogen-bond acceptors (Lipinski definition) is 4. The lowest BCUT2D eigenvalue weighted by atomic mass is 9.76. The average molecular weight is 358 g/mol. The maximum Gasteiger partial charge on any atom is 0.311 e. The van der Waals surface area contributed by atoms with Crippen molar-refractivity contribution in [1.29, 1.82) is 0 Å². The number of amides is 1. The highest BCUT2D eigenvalue weighted by Crippen LogP contribution is 2.38. The second-order valence-corrected chi connectivity index (χ2v) is 7.85. The van der Waals surface area contributed by atoms with E-state index in [4.69, 9.17) is 0 Å². The molecular formula is C19H22N2O3S. The molecule has 0 saturated carbocycles. The number of aliphatic carboxylic acids is 1. The van der Waals surface area contributed by atoms with Gasteiger partial charge in [-0.2, -0.15) is 0 Å². The Balaban J connectivity index is 1.84. The number of hydrogen-bond donors (Lipinski definition) is 1. The summed E-state index contributed by atoms with van der Waals surface area (Å²) in [5.74, 6) is -0.976. The van der Waals surface area contributed by atoms with Gasteiger partial charge in [0.2, 0.25) is 0 Å². The number of pyridine rings is 1. The van der Waals surface area contributed by atoms with Crippen molar-refractivity contribution in [1.82, 2.24) is 9.88 Å². The third-order valence-electron chi connectivity index (χ3n) is 5.21. The number of aryl methyl sites for hydroxylation is 1. The van der Waals surface area contributed by atoms with Gasteiger partial charge in [0.25, 0.3) is 5.91 Å². The third-order valence-corrected chi connectivity index (χ3v) is 6.10. The molecule has 1 fully saturated rings. The molecule has 0 spiro atoms. The summed E-state index contributed by atoms with van der Waals surface area (Å²) in [7, 11) is 0. The molecule has 2 aromatic rings. The topological polar surface area (TPSA) is 70.5 Å². The van der Waals surface area contributed by atoms with Gasteiger partial charge < -0.3 is 10.0 Å². The Morgan fingerprint density at radius 2 is 2.08 bits per heavy atom. The van der Waals surface area contributed by atoms with Gasteiger partial charge in [0.05, 0.1) is 27.2 Å². The molecule has 132 valence electrons. The predicted molar refractivity (Wildman–Crippen MR) is 97.7 cm³/mol. The highest BCUT2D eigenvalue weighted by atomic mass is 32.1. The van der Waals surface area contributed by atoms with E-state index in [0.717, 1.165) is 10.6 Å². The minimum atomic E-state index is -0.853. The van der Waals surface area contributed by atoms with Crippen molar-refractivity contribution in [3.8, 4) is 10.6 Å². The van der Waals surface area contributed by atoms with Crippen molar-refractivity contribution in [3.63, 3.8) is 0 Å². The normalized spacial score (nSPS) is 20.2. The molecule has 0 aliphatic carbocycles. The summed E-state index contributed by atoms with van der Waals surface area (Å²) in [4.78, 5) is 31.9. The Morgan fingerprint density at radius 3 is 2.60 bits per heavy atom. The highest BCUT2D eigenvalue weighted by Gasteiger charge is 2.48. The van der Waals surface area contributed by atoms with Gasteiger partial charge in [-0.1, -0.05) is 19.9 Å². The van der Waals surface area contributed by atoms with Gasteiger partial charge >= 0.3 is 5.97 Å². The largest absolute Gasteiger partial charge is 0.481 e. The number of aromatic nitrogens is 1. The summed E-state index contributed by atoms with van der Waals surface area (Å²) < 4.78 is 0.